The van der Waals surface area contributed by atoms with Crippen molar-refractivity contribution in [3.8, 4) is 0 Å². The SMILES string of the molecule is CC(C)(C)[C@@H]1CCCC(NC(=O)c2csc3ccccc23)[C@@H]1CC=CCCCC(=O)O. The number of thiophene rings is 1. The van der Waals surface area contributed by atoms with Crippen LogP contribution in [-0.2, 0) is 4.79 Å². The van der Waals surface area contributed by atoms with Gasteiger partial charge in [0.1, 0.15) is 0 Å². The van der Waals surface area contributed by atoms with Crippen LogP contribution in [0.2, 0.25) is 0 Å². The highest BCUT2D eigenvalue weighted by Crippen LogP contribution is 2.43. The molecule has 1 aromatic carbocycles. The van der Waals surface area contributed by atoms with Gasteiger partial charge in [0.05, 0.1) is 5.56 Å². The Morgan fingerprint density at radius 3 is 2.71 bits per heavy atom. The van der Waals surface area contributed by atoms with Crippen LogP contribution < -0.4 is 5.32 Å². The van der Waals surface area contributed by atoms with E-state index in [-0.39, 0.29) is 23.8 Å². The second-order valence-electron chi connectivity index (χ2n) is 9.79. The fraction of sp³-hybridized carbons (Fsp3) is 0.538. The Kier molecular flexibility index (Phi) is 7.93. The van der Waals surface area contributed by atoms with Crippen LogP contribution in [0.25, 0.3) is 10.1 Å². The first-order valence-electron chi connectivity index (χ1n) is 11.4. The van der Waals surface area contributed by atoms with Gasteiger partial charge in [-0.2, -0.15) is 0 Å². The summed E-state index contributed by atoms with van der Waals surface area (Å²) in [5, 5.41) is 15.2. The molecule has 5 heteroatoms. The van der Waals surface area contributed by atoms with Crippen molar-refractivity contribution >= 4 is 33.3 Å². The fourth-order valence-electron chi connectivity index (χ4n) is 4.99. The van der Waals surface area contributed by atoms with Crippen LogP contribution >= 0.6 is 11.3 Å². The van der Waals surface area contributed by atoms with Crippen molar-refractivity contribution in [3.05, 3.63) is 47.4 Å². The number of hydrogen-bond donors (Lipinski definition) is 2. The maximum atomic E-state index is 13.2. The molecule has 2 aromatic rings. The van der Waals surface area contributed by atoms with E-state index >= 15 is 0 Å². The van der Waals surface area contributed by atoms with E-state index in [0.29, 0.717) is 18.3 Å². The molecule has 168 valence electrons. The lowest BCUT2D eigenvalue weighted by atomic mass is 9.63. The van der Waals surface area contributed by atoms with Crippen LogP contribution in [0, 0.1) is 17.3 Å². The second kappa shape index (κ2) is 10.4. The lowest BCUT2D eigenvalue weighted by Gasteiger charge is -2.45. The quantitative estimate of drug-likeness (QED) is 0.355. The number of allylic oxidation sites excluding steroid dienone is 2. The van der Waals surface area contributed by atoms with Crippen molar-refractivity contribution in [1.29, 1.82) is 0 Å². The summed E-state index contributed by atoms with van der Waals surface area (Å²) in [7, 11) is 0. The molecule has 0 saturated heterocycles. The van der Waals surface area contributed by atoms with E-state index in [4.69, 9.17) is 5.11 Å². The minimum absolute atomic E-state index is 0.0347. The number of carboxylic acids is 1. The number of carbonyl (C=O) groups excluding carboxylic acids is 1. The van der Waals surface area contributed by atoms with Crippen LogP contribution in [0.5, 0.6) is 0 Å². The molecule has 1 amide bonds. The molecule has 0 radical (unpaired) electrons. The van der Waals surface area contributed by atoms with Crippen molar-refractivity contribution in [2.75, 3.05) is 0 Å². The van der Waals surface area contributed by atoms with Gasteiger partial charge in [-0.1, -0.05) is 57.5 Å². The molecule has 3 atom stereocenters. The minimum atomic E-state index is -0.739. The van der Waals surface area contributed by atoms with Crippen LogP contribution in [-0.4, -0.2) is 23.0 Å². The first kappa shape index (κ1) is 23.5. The first-order chi connectivity index (χ1) is 14.8. The molecule has 0 aliphatic heterocycles. The van der Waals surface area contributed by atoms with Gasteiger partial charge in [-0.3, -0.25) is 9.59 Å². The van der Waals surface area contributed by atoms with Crippen molar-refractivity contribution in [2.24, 2.45) is 17.3 Å². The summed E-state index contributed by atoms with van der Waals surface area (Å²) in [6.45, 7) is 6.91. The van der Waals surface area contributed by atoms with Gasteiger partial charge in [-0.25, -0.2) is 0 Å². The van der Waals surface area contributed by atoms with Crippen LogP contribution in [0.3, 0.4) is 0 Å². The van der Waals surface area contributed by atoms with Gasteiger partial charge >= 0.3 is 5.97 Å². The van der Waals surface area contributed by atoms with Crippen molar-refractivity contribution in [2.45, 2.75) is 71.8 Å². The lowest BCUT2D eigenvalue weighted by Crippen LogP contribution is -2.48. The molecule has 1 heterocycles. The summed E-state index contributed by atoms with van der Waals surface area (Å²) in [4.78, 5) is 23.9. The number of carbonyl (C=O) groups is 2. The standard InChI is InChI=1S/C26H35NO3S/c1-26(2,3)21-13-10-14-22(19(21)12-6-4-5-7-16-24(28)29)27-25(30)20-17-31-23-15-9-8-11-18(20)23/h4,6,8-9,11,15,17,19,21-22H,5,7,10,12-14,16H2,1-3H3,(H,27,30)(H,28,29)/t19-,21-,22?/m1/s1. The summed E-state index contributed by atoms with van der Waals surface area (Å²) < 4.78 is 1.14. The van der Waals surface area contributed by atoms with Gasteiger partial charge in [0.15, 0.2) is 0 Å². The number of benzene rings is 1. The smallest absolute Gasteiger partial charge is 0.303 e. The highest BCUT2D eigenvalue weighted by molar-refractivity contribution is 7.17. The number of rotatable bonds is 8. The normalized spacial score (nSPS) is 22.1. The van der Waals surface area contributed by atoms with Crippen LogP contribution in [0.4, 0.5) is 0 Å². The van der Waals surface area contributed by atoms with Crippen molar-refractivity contribution < 1.29 is 14.7 Å². The fourth-order valence-corrected chi connectivity index (χ4v) is 5.93. The predicted octanol–water partition coefficient (Wildman–Crippen LogP) is 6.66. The van der Waals surface area contributed by atoms with E-state index in [2.05, 4.69) is 44.3 Å². The van der Waals surface area contributed by atoms with E-state index in [1.807, 2.05) is 23.6 Å². The third kappa shape index (κ3) is 6.19. The highest BCUT2D eigenvalue weighted by atomic mass is 32.1. The summed E-state index contributed by atoms with van der Waals surface area (Å²) in [5.74, 6) is 0.220. The van der Waals surface area contributed by atoms with E-state index in [0.717, 1.165) is 41.3 Å². The minimum Gasteiger partial charge on any atom is -0.481 e. The number of aliphatic carboxylic acids is 1. The molecule has 1 saturated carbocycles. The number of hydrogen-bond acceptors (Lipinski definition) is 3. The van der Waals surface area contributed by atoms with Gasteiger partial charge in [0.25, 0.3) is 5.91 Å². The Hall–Kier alpha value is -2.14. The second-order valence-corrected chi connectivity index (χ2v) is 10.7. The van der Waals surface area contributed by atoms with Gasteiger partial charge in [-0.05, 0) is 55.4 Å². The largest absolute Gasteiger partial charge is 0.481 e. The highest BCUT2D eigenvalue weighted by Gasteiger charge is 2.39. The lowest BCUT2D eigenvalue weighted by molar-refractivity contribution is -0.137. The van der Waals surface area contributed by atoms with E-state index < -0.39 is 5.97 Å². The summed E-state index contributed by atoms with van der Waals surface area (Å²) in [6, 6.07) is 8.24. The Bertz CT molecular complexity index is 924. The molecule has 1 unspecified atom stereocenters. The topological polar surface area (TPSA) is 66.4 Å². The molecule has 4 nitrogen and oxygen atoms in total. The molecular weight excluding hydrogens is 406 g/mol. The molecule has 3 rings (SSSR count). The molecule has 1 aromatic heterocycles. The van der Waals surface area contributed by atoms with Gasteiger partial charge in [-0.15, -0.1) is 11.3 Å². The van der Waals surface area contributed by atoms with Crippen molar-refractivity contribution in [1.82, 2.24) is 5.32 Å². The van der Waals surface area contributed by atoms with Crippen LogP contribution in [0.15, 0.2) is 41.8 Å². The summed E-state index contributed by atoms with van der Waals surface area (Å²) in [5.41, 5.74) is 0.960. The van der Waals surface area contributed by atoms with E-state index in [1.54, 1.807) is 11.3 Å². The molecule has 1 aliphatic carbocycles. The summed E-state index contributed by atoms with van der Waals surface area (Å²) in [6.07, 6.45) is 10.2. The number of carboxylic acid groups (broad SMARTS) is 1. The zero-order chi connectivity index (χ0) is 22.4. The molecule has 2 N–H and O–H groups in total. The average molecular weight is 442 g/mol. The van der Waals surface area contributed by atoms with E-state index in [1.165, 1.54) is 6.42 Å². The maximum Gasteiger partial charge on any atom is 0.303 e. The molecule has 0 bridgehead atoms. The Morgan fingerprint density at radius 1 is 1.19 bits per heavy atom. The maximum absolute atomic E-state index is 13.2. The molecule has 31 heavy (non-hydrogen) atoms. The van der Waals surface area contributed by atoms with Crippen LogP contribution in [0.1, 0.15) is 76.1 Å². The molecular formula is C26H35NO3S. The zero-order valence-electron chi connectivity index (χ0n) is 18.9. The monoisotopic (exact) mass is 441 g/mol. The number of nitrogens with one attached hydrogen (secondary N) is 1. The first-order valence-corrected chi connectivity index (χ1v) is 12.3. The molecule has 0 spiro atoms. The molecule has 1 aliphatic rings. The Labute approximate surface area is 189 Å². The van der Waals surface area contributed by atoms with E-state index in [9.17, 15) is 9.59 Å². The van der Waals surface area contributed by atoms with Gasteiger partial charge < -0.3 is 10.4 Å². The number of fused-ring (bicyclic) bond motifs is 1. The predicted molar refractivity (Wildman–Crippen MR) is 129 cm³/mol. The Balaban J connectivity index is 1.71. The Morgan fingerprint density at radius 2 is 1.97 bits per heavy atom. The average Bonchev–Trinajstić information content (AvgIpc) is 3.14. The summed E-state index contributed by atoms with van der Waals surface area (Å²) >= 11 is 1.62. The molecule has 1 fully saturated rings. The van der Waals surface area contributed by atoms with Gasteiger partial charge in [0.2, 0.25) is 0 Å². The van der Waals surface area contributed by atoms with Crippen molar-refractivity contribution in [3.63, 3.8) is 0 Å². The number of unbranched alkanes of at least 4 members (excludes halogenated alkanes) is 1. The third-order valence-electron chi connectivity index (χ3n) is 6.55. The third-order valence-corrected chi connectivity index (χ3v) is 7.52. The zero-order valence-corrected chi connectivity index (χ0v) is 19.7. The number of amides is 1. The van der Waals surface area contributed by atoms with Gasteiger partial charge in [0, 0.05) is 27.9 Å².